The number of carboxylic acid groups (broad SMARTS) is 1. The number of carboxylic acids is 1. The third-order valence-electron chi connectivity index (χ3n) is 0.791. The molecular formula is C7H12N2O2. The highest BCUT2D eigenvalue weighted by Crippen LogP contribution is 1.86. The van der Waals surface area contributed by atoms with Gasteiger partial charge in [-0.15, -0.1) is 0 Å². The fraction of sp³-hybridized carbons (Fsp3) is 0.429. The number of rotatable bonds is 3. The molecule has 0 bridgehead atoms. The second kappa shape index (κ2) is 4.49. The predicted molar refractivity (Wildman–Crippen MR) is 43.3 cm³/mol. The Kier molecular flexibility index (Phi) is 3.95. The maximum absolute atomic E-state index is 10.0. The highest BCUT2D eigenvalue weighted by atomic mass is 16.4. The molecule has 0 radical (unpaired) electrons. The van der Waals surface area contributed by atoms with Gasteiger partial charge in [-0.3, -0.25) is 5.01 Å². The Balaban J connectivity index is 3.97. The molecule has 4 nitrogen and oxygen atoms in total. The number of aliphatic carboxylic acids is 1. The smallest absolute Gasteiger partial charge is 0.329 e. The van der Waals surface area contributed by atoms with E-state index in [0.29, 0.717) is 0 Å². The molecule has 0 amide bonds. The van der Waals surface area contributed by atoms with E-state index in [4.69, 9.17) is 5.11 Å². The first kappa shape index (κ1) is 9.68. The summed E-state index contributed by atoms with van der Waals surface area (Å²) in [5, 5.41) is 13.6. The van der Waals surface area contributed by atoms with Gasteiger partial charge < -0.3 is 5.11 Å². The van der Waals surface area contributed by atoms with E-state index in [0.717, 1.165) is 11.8 Å². The first-order chi connectivity index (χ1) is 5.02. The van der Waals surface area contributed by atoms with E-state index in [1.54, 1.807) is 7.05 Å². The molecule has 0 fully saturated rings. The van der Waals surface area contributed by atoms with Crippen LogP contribution in [-0.2, 0) is 4.79 Å². The van der Waals surface area contributed by atoms with Gasteiger partial charge in [-0.2, -0.15) is 5.10 Å². The van der Waals surface area contributed by atoms with Crippen molar-refractivity contribution in [3.63, 3.8) is 0 Å². The van der Waals surface area contributed by atoms with Gasteiger partial charge in [-0.05, 0) is 13.8 Å². The van der Waals surface area contributed by atoms with Crippen molar-refractivity contribution >= 4 is 11.7 Å². The maximum atomic E-state index is 10.0. The zero-order valence-corrected chi connectivity index (χ0v) is 6.90. The van der Waals surface area contributed by atoms with Crippen LogP contribution in [0.1, 0.15) is 13.8 Å². The fourth-order valence-corrected chi connectivity index (χ4v) is 0.520. The van der Waals surface area contributed by atoms with Crippen molar-refractivity contribution in [1.82, 2.24) is 5.01 Å². The molecule has 4 heteroatoms. The van der Waals surface area contributed by atoms with Gasteiger partial charge in [-0.25, -0.2) is 4.79 Å². The van der Waals surface area contributed by atoms with Crippen LogP contribution in [0.5, 0.6) is 0 Å². The van der Waals surface area contributed by atoms with E-state index in [1.807, 2.05) is 13.8 Å². The molecule has 0 aliphatic heterocycles. The van der Waals surface area contributed by atoms with Crippen molar-refractivity contribution in [2.45, 2.75) is 13.8 Å². The summed E-state index contributed by atoms with van der Waals surface area (Å²) in [5.74, 6) is -0.971. The lowest BCUT2D eigenvalue weighted by molar-refractivity contribution is -0.131. The van der Waals surface area contributed by atoms with Crippen LogP contribution < -0.4 is 0 Å². The molecule has 0 atom stereocenters. The van der Waals surface area contributed by atoms with Crippen molar-refractivity contribution in [2.75, 3.05) is 7.05 Å². The Morgan fingerprint density at radius 2 is 2.09 bits per heavy atom. The van der Waals surface area contributed by atoms with Gasteiger partial charge in [0.05, 0.1) is 0 Å². The largest absolute Gasteiger partial charge is 0.478 e. The van der Waals surface area contributed by atoms with Crippen molar-refractivity contribution in [3.8, 4) is 0 Å². The average molecular weight is 156 g/mol. The molecule has 0 saturated carbocycles. The van der Waals surface area contributed by atoms with Crippen LogP contribution in [-0.4, -0.2) is 28.8 Å². The van der Waals surface area contributed by atoms with Gasteiger partial charge in [0.2, 0.25) is 0 Å². The summed E-state index contributed by atoms with van der Waals surface area (Å²) >= 11 is 0. The Hall–Kier alpha value is -1.32. The third kappa shape index (κ3) is 6.57. The van der Waals surface area contributed by atoms with Gasteiger partial charge in [0.1, 0.15) is 0 Å². The van der Waals surface area contributed by atoms with Crippen molar-refractivity contribution < 1.29 is 9.90 Å². The molecule has 1 N–H and O–H groups in total. The maximum Gasteiger partial charge on any atom is 0.329 e. The minimum absolute atomic E-state index is 0.877. The van der Waals surface area contributed by atoms with Crippen molar-refractivity contribution in [2.24, 2.45) is 5.10 Å². The van der Waals surface area contributed by atoms with Crippen LogP contribution in [0, 0.1) is 0 Å². The molecule has 0 saturated heterocycles. The Labute approximate surface area is 65.8 Å². The summed E-state index contributed by atoms with van der Waals surface area (Å²) in [5.41, 5.74) is 0.877. The Bertz CT molecular complexity index is 193. The normalized spacial score (nSPS) is 9.73. The van der Waals surface area contributed by atoms with E-state index in [9.17, 15) is 4.79 Å². The molecule has 0 rings (SSSR count). The first-order valence-electron chi connectivity index (χ1n) is 3.18. The summed E-state index contributed by atoms with van der Waals surface area (Å²) in [6.45, 7) is 3.68. The topological polar surface area (TPSA) is 52.9 Å². The summed E-state index contributed by atoms with van der Waals surface area (Å²) in [7, 11) is 1.67. The SMILES string of the molecule is CC(C)=NN(C)/C=C/C(=O)O. The molecule has 62 valence electrons. The third-order valence-corrected chi connectivity index (χ3v) is 0.791. The number of hydrogen-bond donors (Lipinski definition) is 1. The second-order valence-corrected chi connectivity index (χ2v) is 2.27. The molecule has 0 aromatic rings. The summed E-state index contributed by atoms with van der Waals surface area (Å²) in [6, 6.07) is 0. The van der Waals surface area contributed by atoms with E-state index >= 15 is 0 Å². The molecule has 11 heavy (non-hydrogen) atoms. The Morgan fingerprint density at radius 1 is 1.55 bits per heavy atom. The molecular weight excluding hydrogens is 144 g/mol. The molecule has 0 aliphatic carbocycles. The number of carbonyl (C=O) groups is 1. The van der Waals surface area contributed by atoms with Crippen LogP contribution in [0.25, 0.3) is 0 Å². The molecule has 0 aliphatic rings. The first-order valence-corrected chi connectivity index (χ1v) is 3.18. The number of hydrazone groups is 1. The van der Waals surface area contributed by atoms with E-state index in [2.05, 4.69) is 5.10 Å². The lowest BCUT2D eigenvalue weighted by atomic mass is 10.5. The minimum atomic E-state index is -0.971. The monoisotopic (exact) mass is 156 g/mol. The molecule has 0 aromatic heterocycles. The quantitative estimate of drug-likeness (QED) is 0.375. The van der Waals surface area contributed by atoms with Crippen LogP contribution in [0.2, 0.25) is 0 Å². The van der Waals surface area contributed by atoms with Crippen molar-refractivity contribution in [3.05, 3.63) is 12.3 Å². The highest BCUT2D eigenvalue weighted by molar-refractivity contribution is 5.80. The van der Waals surface area contributed by atoms with Crippen LogP contribution in [0.15, 0.2) is 17.4 Å². The molecule has 0 unspecified atom stereocenters. The summed E-state index contributed by atoms with van der Waals surface area (Å²) < 4.78 is 0. The molecule has 0 heterocycles. The number of hydrogen-bond acceptors (Lipinski definition) is 3. The summed E-state index contributed by atoms with van der Waals surface area (Å²) in [6.07, 6.45) is 2.42. The summed E-state index contributed by atoms with van der Waals surface area (Å²) in [4.78, 5) is 10.0. The van der Waals surface area contributed by atoms with Crippen LogP contribution in [0.3, 0.4) is 0 Å². The van der Waals surface area contributed by atoms with Gasteiger partial charge >= 0.3 is 5.97 Å². The van der Waals surface area contributed by atoms with Gasteiger partial charge in [0.25, 0.3) is 0 Å². The Morgan fingerprint density at radius 3 is 2.45 bits per heavy atom. The average Bonchev–Trinajstić information content (AvgIpc) is 1.82. The van der Waals surface area contributed by atoms with Crippen LogP contribution in [0.4, 0.5) is 0 Å². The zero-order valence-electron chi connectivity index (χ0n) is 6.90. The number of nitrogens with zero attached hydrogens (tertiary/aromatic N) is 2. The zero-order chi connectivity index (χ0) is 8.85. The second-order valence-electron chi connectivity index (χ2n) is 2.27. The van der Waals surface area contributed by atoms with E-state index in [1.165, 1.54) is 11.2 Å². The van der Waals surface area contributed by atoms with E-state index < -0.39 is 5.97 Å². The highest BCUT2D eigenvalue weighted by Gasteiger charge is 1.88. The van der Waals surface area contributed by atoms with Crippen LogP contribution >= 0.6 is 0 Å². The van der Waals surface area contributed by atoms with Crippen molar-refractivity contribution in [1.29, 1.82) is 0 Å². The van der Waals surface area contributed by atoms with Gasteiger partial charge in [0, 0.05) is 25.0 Å². The predicted octanol–water partition coefficient (Wildman–Crippen LogP) is 0.912. The van der Waals surface area contributed by atoms with E-state index in [-0.39, 0.29) is 0 Å². The lowest BCUT2D eigenvalue weighted by Gasteiger charge is -2.05. The van der Waals surface area contributed by atoms with Gasteiger partial charge in [0.15, 0.2) is 0 Å². The fourth-order valence-electron chi connectivity index (χ4n) is 0.520. The molecule has 0 aromatic carbocycles. The van der Waals surface area contributed by atoms with Gasteiger partial charge in [-0.1, -0.05) is 0 Å². The lowest BCUT2D eigenvalue weighted by Crippen LogP contribution is -2.04. The standard InChI is InChI=1S/C7H12N2O2/c1-6(2)8-9(3)5-4-7(10)11/h4-5H,1-3H3,(H,10,11)/b5-4+. The molecule has 0 spiro atoms. The minimum Gasteiger partial charge on any atom is -0.478 e.